The maximum atomic E-state index is 13.8. The smallest absolute Gasteiger partial charge is 0.270 e. The molecule has 0 aliphatic carbocycles. The summed E-state index contributed by atoms with van der Waals surface area (Å²) in [7, 11) is -1.38. The summed E-state index contributed by atoms with van der Waals surface area (Å²) in [6.45, 7) is 3.37. The summed E-state index contributed by atoms with van der Waals surface area (Å²) in [4.78, 5) is 25.9. The van der Waals surface area contributed by atoms with E-state index >= 15 is 0 Å². The predicted octanol–water partition coefficient (Wildman–Crippen LogP) is 3.10. The molecule has 222 valence electrons. The van der Waals surface area contributed by atoms with Gasteiger partial charge in [0, 0.05) is 42.5 Å². The average molecular weight is 598 g/mol. The highest BCUT2D eigenvalue weighted by molar-refractivity contribution is 7.92. The van der Waals surface area contributed by atoms with Gasteiger partial charge in [-0.2, -0.15) is 5.10 Å². The highest BCUT2D eigenvalue weighted by atomic mass is 32.2. The molecule has 0 unspecified atom stereocenters. The standard InChI is InChI=1S/C28H31N5O8S/c1-20-4-8-24(9-5-20)42(37,38)32(26-11-7-23(39-2)17-27(26)40-3)19-28(34)30-29-18-21-16-22(33(35)36)6-10-25(21)31-12-14-41-15-13-31/h4-11,16-18H,12-15,19H2,1-3H3,(H,30,34)/b29-18-. The lowest BCUT2D eigenvalue weighted by atomic mass is 10.1. The van der Waals surface area contributed by atoms with Crippen molar-refractivity contribution in [1.82, 2.24) is 5.43 Å². The van der Waals surface area contributed by atoms with Crippen LogP contribution in [0.4, 0.5) is 17.1 Å². The van der Waals surface area contributed by atoms with Gasteiger partial charge >= 0.3 is 0 Å². The SMILES string of the molecule is COc1ccc(N(CC(=O)N/N=C\c2cc([N+](=O)[O-])ccc2N2CCOCC2)S(=O)(=O)c2ccc(C)cc2)c(OC)c1. The van der Waals surface area contributed by atoms with Crippen LogP contribution in [-0.2, 0) is 19.6 Å². The Morgan fingerprint density at radius 1 is 1.10 bits per heavy atom. The normalized spacial score (nSPS) is 13.5. The van der Waals surface area contributed by atoms with Crippen LogP contribution in [0, 0.1) is 17.0 Å². The van der Waals surface area contributed by atoms with Crippen LogP contribution in [0.15, 0.2) is 70.7 Å². The summed E-state index contributed by atoms with van der Waals surface area (Å²) in [5, 5.41) is 15.4. The van der Waals surface area contributed by atoms with Crippen molar-refractivity contribution in [3.63, 3.8) is 0 Å². The van der Waals surface area contributed by atoms with Crippen molar-refractivity contribution >= 4 is 39.2 Å². The molecule has 42 heavy (non-hydrogen) atoms. The van der Waals surface area contributed by atoms with Gasteiger partial charge in [0.05, 0.1) is 49.2 Å². The van der Waals surface area contributed by atoms with Crippen molar-refractivity contribution in [3.8, 4) is 11.5 Å². The Morgan fingerprint density at radius 2 is 1.81 bits per heavy atom. The Hall–Kier alpha value is -4.69. The van der Waals surface area contributed by atoms with Crippen LogP contribution in [-0.4, -0.2) is 72.5 Å². The third-order valence-electron chi connectivity index (χ3n) is 6.52. The number of aryl methyl sites for hydroxylation is 1. The van der Waals surface area contributed by atoms with Crippen molar-refractivity contribution in [2.45, 2.75) is 11.8 Å². The fourth-order valence-corrected chi connectivity index (χ4v) is 5.75. The molecule has 0 saturated carbocycles. The van der Waals surface area contributed by atoms with Crippen LogP contribution in [0.3, 0.4) is 0 Å². The van der Waals surface area contributed by atoms with Crippen LogP contribution in [0.1, 0.15) is 11.1 Å². The maximum Gasteiger partial charge on any atom is 0.270 e. The molecule has 1 fully saturated rings. The molecule has 0 spiro atoms. The fraction of sp³-hybridized carbons (Fsp3) is 0.286. The van der Waals surface area contributed by atoms with E-state index < -0.39 is 27.4 Å². The number of methoxy groups -OCH3 is 2. The molecule has 1 amide bonds. The summed E-state index contributed by atoms with van der Waals surface area (Å²) in [5.41, 5.74) is 4.29. The number of nitro benzene ring substituents is 1. The molecule has 4 rings (SSSR count). The van der Waals surface area contributed by atoms with E-state index in [0.29, 0.717) is 43.3 Å². The zero-order valence-corrected chi connectivity index (χ0v) is 24.2. The van der Waals surface area contributed by atoms with Crippen molar-refractivity contribution in [2.75, 3.05) is 56.3 Å². The third kappa shape index (κ3) is 6.95. The first-order valence-corrected chi connectivity index (χ1v) is 14.3. The lowest BCUT2D eigenvalue weighted by Gasteiger charge is -2.29. The third-order valence-corrected chi connectivity index (χ3v) is 8.29. The number of anilines is 2. The predicted molar refractivity (Wildman–Crippen MR) is 157 cm³/mol. The zero-order chi connectivity index (χ0) is 30.3. The van der Waals surface area contributed by atoms with Gasteiger partial charge in [-0.05, 0) is 37.3 Å². The lowest BCUT2D eigenvalue weighted by molar-refractivity contribution is -0.384. The number of carbonyl (C=O) groups is 1. The van der Waals surface area contributed by atoms with Crippen LogP contribution >= 0.6 is 0 Å². The second-order valence-electron chi connectivity index (χ2n) is 9.26. The van der Waals surface area contributed by atoms with Crippen molar-refractivity contribution < 1.29 is 32.3 Å². The molecule has 1 saturated heterocycles. The Kier molecular flexibility index (Phi) is 9.60. The number of nitrogens with one attached hydrogen (secondary N) is 1. The molecule has 14 heteroatoms. The Bertz CT molecular complexity index is 1570. The number of amides is 1. The number of ether oxygens (including phenoxy) is 3. The number of nitro groups is 1. The minimum Gasteiger partial charge on any atom is -0.497 e. The van der Waals surface area contributed by atoms with Gasteiger partial charge in [0.25, 0.3) is 21.6 Å². The van der Waals surface area contributed by atoms with Crippen molar-refractivity contribution in [2.24, 2.45) is 5.10 Å². The number of hydrazone groups is 1. The second-order valence-corrected chi connectivity index (χ2v) is 11.1. The summed E-state index contributed by atoms with van der Waals surface area (Å²) in [5.74, 6) is -0.142. The molecule has 0 atom stereocenters. The molecule has 0 aromatic heterocycles. The topological polar surface area (TPSA) is 153 Å². The number of sulfonamides is 1. The van der Waals surface area contributed by atoms with E-state index in [1.807, 2.05) is 11.8 Å². The quantitative estimate of drug-likeness (QED) is 0.200. The molecule has 1 aliphatic rings. The molecule has 3 aromatic carbocycles. The van der Waals surface area contributed by atoms with Gasteiger partial charge in [-0.15, -0.1) is 0 Å². The number of non-ortho nitro benzene ring substituents is 1. The molecule has 0 bridgehead atoms. The number of nitrogens with zero attached hydrogens (tertiary/aromatic N) is 4. The van der Waals surface area contributed by atoms with Crippen LogP contribution in [0.2, 0.25) is 0 Å². The van der Waals surface area contributed by atoms with E-state index in [4.69, 9.17) is 14.2 Å². The highest BCUT2D eigenvalue weighted by Gasteiger charge is 2.30. The number of benzene rings is 3. The number of morpholine rings is 1. The van der Waals surface area contributed by atoms with Crippen molar-refractivity contribution in [1.29, 1.82) is 0 Å². The number of carbonyl (C=O) groups excluding carboxylic acids is 1. The maximum absolute atomic E-state index is 13.8. The molecule has 1 aliphatic heterocycles. The second kappa shape index (κ2) is 13.3. The molecule has 0 radical (unpaired) electrons. The summed E-state index contributed by atoms with van der Waals surface area (Å²) in [6, 6.07) is 15.2. The van der Waals surface area contributed by atoms with Gasteiger partial charge in [0.15, 0.2) is 0 Å². The van der Waals surface area contributed by atoms with Gasteiger partial charge in [0.1, 0.15) is 18.0 Å². The number of hydrogen-bond donors (Lipinski definition) is 1. The van der Waals surface area contributed by atoms with E-state index in [1.165, 1.54) is 56.8 Å². The minimum atomic E-state index is -4.23. The van der Waals surface area contributed by atoms with Crippen LogP contribution in [0.25, 0.3) is 0 Å². The number of hydrogen-bond acceptors (Lipinski definition) is 10. The van der Waals surface area contributed by atoms with E-state index in [-0.39, 0.29) is 22.0 Å². The molecule has 1 heterocycles. The average Bonchev–Trinajstić information content (AvgIpc) is 3.00. The summed E-state index contributed by atoms with van der Waals surface area (Å²) >= 11 is 0. The van der Waals surface area contributed by atoms with Crippen molar-refractivity contribution in [3.05, 3.63) is 81.9 Å². The Morgan fingerprint density at radius 3 is 2.45 bits per heavy atom. The summed E-state index contributed by atoms with van der Waals surface area (Å²) < 4.78 is 44.5. The van der Waals surface area contributed by atoms with E-state index in [1.54, 1.807) is 24.3 Å². The number of rotatable bonds is 11. The summed E-state index contributed by atoms with van der Waals surface area (Å²) in [6.07, 6.45) is 1.29. The Balaban J connectivity index is 1.63. The Labute approximate surface area is 243 Å². The van der Waals surface area contributed by atoms with Gasteiger partial charge in [-0.25, -0.2) is 13.8 Å². The minimum absolute atomic E-state index is 0.0194. The first kappa shape index (κ1) is 30.3. The lowest BCUT2D eigenvalue weighted by Crippen LogP contribution is -2.39. The molecule has 3 aromatic rings. The van der Waals surface area contributed by atoms with Gasteiger partial charge in [-0.3, -0.25) is 19.2 Å². The zero-order valence-electron chi connectivity index (χ0n) is 23.3. The van der Waals surface area contributed by atoms with Gasteiger partial charge in [-0.1, -0.05) is 17.7 Å². The van der Waals surface area contributed by atoms with E-state index in [0.717, 1.165) is 9.87 Å². The van der Waals surface area contributed by atoms with Gasteiger partial charge < -0.3 is 19.1 Å². The van der Waals surface area contributed by atoms with E-state index in [2.05, 4.69) is 10.5 Å². The first-order chi connectivity index (χ1) is 20.1. The molecule has 1 N–H and O–H groups in total. The van der Waals surface area contributed by atoms with Gasteiger partial charge in [0.2, 0.25) is 0 Å². The molecule has 13 nitrogen and oxygen atoms in total. The molecular weight excluding hydrogens is 566 g/mol. The monoisotopic (exact) mass is 597 g/mol. The van der Waals surface area contributed by atoms with Crippen LogP contribution in [0.5, 0.6) is 11.5 Å². The molecular formula is C28H31N5O8S. The fourth-order valence-electron chi connectivity index (χ4n) is 4.32. The highest BCUT2D eigenvalue weighted by Crippen LogP contribution is 2.35. The largest absolute Gasteiger partial charge is 0.497 e. The van der Waals surface area contributed by atoms with E-state index in [9.17, 15) is 23.3 Å². The van der Waals surface area contributed by atoms with Crippen LogP contribution < -0.4 is 24.1 Å². The first-order valence-electron chi connectivity index (χ1n) is 12.9.